The van der Waals surface area contributed by atoms with Crippen LogP contribution in [0.2, 0.25) is 0 Å². The molecule has 0 bridgehead atoms. The van der Waals surface area contributed by atoms with Gasteiger partial charge in [-0.05, 0) is 6.42 Å². The van der Waals surface area contributed by atoms with Gasteiger partial charge in [-0.1, -0.05) is 11.4 Å². The Morgan fingerprint density at radius 1 is 1.40 bits per heavy atom. The molecule has 58 valence electrons. The van der Waals surface area contributed by atoms with E-state index in [-0.39, 0.29) is 0 Å². The Bertz CT molecular complexity index is 97.8. The highest BCUT2D eigenvalue weighted by Gasteiger charge is 1.98. The molecule has 0 aliphatic heterocycles. The van der Waals surface area contributed by atoms with Gasteiger partial charge in [0.25, 0.3) is 0 Å². The number of hydrogen-bond acceptors (Lipinski definition) is 1. The van der Waals surface area contributed by atoms with E-state index in [4.69, 9.17) is 16.0 Å². The highest BCUT2D eigenvalue weighted by Crippen LogP contribution is 1.92. The summed E-state index contributed by atoms with van der Waals surface area (Å²) < 4.78 is 5.40. The van der Waals surface area contributed by atoms with Gasteiger partial charge >= 0.3 is 0 Å². The van der Waals surface area contributed by atoms with Crippen molar-refractivity contribution in [2.24, 2.45) is 0 Å². The number of rotatable bonds is 6. The van der Waals surface area contributed by atoms with Crippen LogP contribution < -0.4 is 0 Å². The fourth-order valence-corrected chi connectivity index (χ4v) is 1.52. The van der Waals surface area contributed by atoms with E-state index in [0.717, 1.165) is 13.0 Å². The van der Waals surface area contributed by atoms with Gasteiger partial charge in [-0.15, -0.1) is 24.8 Å². The normalized spacial score (nSPS) is 9.80. The lowest BCUT2D eigenvalue weighted by molar-refractivity contribution is 0.332. The first kappa shape index (κ1) is 9.95. The molecule has 0 aromatic rings. The van der Waals surface area contributed by atoms with Gasteiger partial charge in [-0.25, -0.2) is 0 Å². The fraction of sp³-hybridized carbons (Fsp3) is 0.429. The van der Waals surface area contributed by atoms with Crippen LogP contribution in [0, 0.1) is 0 Å². The van der Waals surface area contributed by atoms with Crippen molar-refractivity contribution < 1.29 is 4.43 Å². The van der Waals surface area contributed by atoms with Crippen LogP contribution in [0.4, 0.5) is 0 Å². The lowest BCUT2D eigenvalue weighted by Gasteiger charge is -2.05. The van der Waals surface area contributed by atoms with Gasteiger partial charge in [0.15, 0.2) is 0 Å². The molecule has 0 aromatic heterocycles. The smallest absolute Gasteiger partial charge is 0.224 e. The third-order valence-corrected chi connectivity index (χ3v) is 2.87. The van der Waals surface area contributed by atoms with Gasteiger partial charge < -0.3 is 4.43 Å². The van der Waals surface area contributed by atoms with Crippen molar-refractivity contribution in [2.75, 3.05) is 12.5 Å². The molecular weight excluding hydrogens is 164 g/mol. The largest absolute Gasteiger partial charge is 0.412 e. The molecule has 0 aromatic carbocycles. The van der Waals surface area contributed by atoms with E-state index in [0.29, 0.717) is 5.88 Å². The van der Waals surface area contributed by atoms with Crippen molar-refractivity contribution in [2.45, 2.75) is 6.42 Å². The molecule has 0 aliphatic rings. The molecule has 0 aliphatic carbocycles. The molecule has 0 N–H and O–H groups in total. The zero-order chi connectivity index (χ0) is 7.82. The predicted molar refractivity (Wildman–Crippen MR) is 48.8 cm³/mol. The van der Waals surface area contributed by atoms with E-state index in [1.165, 1.54) is 0 Å². The van der Waals surface area contributed by atoms with Gasteiger partial charge in [-0.3, -0.25) is 0 Å². The quantitative estimate of drug-likeness (QED) is 0.341. The third-order valence-electron chi connectivity index (χ3n) is 1.05. The Labute approximate surface area is 69.1 Å². The van der Waals surface area contributed by atoms with Crippen molar-refractivity contribution in [3.63, 3.8) is 0 Å². The Kier molecular flexibility index (Phi) is 7.02. The van der Waals surface area contributed by atoms with Gasteiger partial charge in [0, 0.05) is 12.5 Å². The Hall–Kier alpha value is -0.0531. The summed E-state index contributed by atoms with van der Waals surface area (Å²) in [6.45, 7) is 8.02. The molecule has 0 saturated heterocycles. The van der Waals surface area contributed by atoms with Gasteiger partial charge in [0.05, 0.1) is 0 Å². The van der Waals surface area contributed by atoms with Gasteiger partial charge in [0.2, 0.25) is 9.04 Å². The lowest BCUT2D eigenvalue weighted by Crippen LogP contribution is -2.12. The summed E-state index contributed by atoms with van der Waals surface area (Å²) in [5.41, 5.74) is 3.70. The second-order valence-corrected chi connectivity index (χ2v) is 4.43. The van der Waals surface area contributed by atoms with Crippen LogP contribution >= 0.6 is 11.6 Å². The van der Waals surface area contributed by atoms with Crippen LogP contribution in [-0.2, 0) is 4.43 Å². The van der Waals surface area contributed by atoms with Crippen LogP contribution in [-0.4, -0.2) is 21.5 Å². The molecule has 0 unspecified atom stereocenters. The molecule has 1 nitrogen and oxygen atoms in total. The molecule has 10 heavy (non-hydrogen) atoms. The summed E-state index contributed by atoms with van der Waals surface area (Å²) >= 11 is 5.46. The maximum absolute atomic E-state index is 5.46. The summed E-state index contributed by atoms with van der Waals surface area (Å²) in [5.74, 6) is 0.662. The standard InChI is InChI=1S/C7H13ClOSi/c1-3-10(4-2)9-7-5-6-8/h3-4,10H,1-2,5-7H2. The summed E-state index contributed by atoms with van der Waals surface area (Å²) in [7, 11) is -1.25. The molecule has 0 heterocycles. The number of alkyl halides is 1. The third kappa shape index (κ3) is 4.79. The van der Waals surface area contributed by atoms with E-state index in [1.807, 2.05) is 11.4 Å². The molecule has 0 atom stereocenters. The Morgan fingerprint density at radius 2 is 2.00 bits per heavy atom. The molecule has 0 radical (unpaired) electrons. The first-order chi connectivity index (χ1) is 4.85. The fourth-order valence-electron chi connectivity index (χ4n) is 0.506. The maximum atomic E-state index is 5.46. The molecule has 0 rings (SSSR count). The minimum Gasteiger partial charge on any atom is -0.412 e. The monoisotopic (exact) mass is 176 g/mol. The van der Waals surface area contributed by atoms with Crippen LogP contribution in [0.1, 0.15) is 6.42 Å². The highest BCUT2D eigenvalue weighted by atomic mass is 35.5. The van der Waals surface area contributed by atoms with Crippen LogP contribution in [0.3, 0.4) is 0 Å². The van der Waals surface area contributed by atoms with Crippen molar-refractivity contribution in [3.8, 4) is 0 Å². The number of hydrogen-bond donors (Lipinski definition) is 0. The van der Waals surface area contributed by atoms with Crippen molar-refractivity contribution >= 4 is 20.6 Å². The maximum Gasteiger partial charge on any atom is 0.224 e. The Balaban J connectivity index is 3.25. The molecule has 0 amide bonds. The first-order valence-corrected chi connectivity index (χ1v) is 5.61. The minimum atomic E-state index is -1.25. The first-order valence-electron chi connectivity index (χ1n) is 3.27. The SMILES string of the molecule is C=C[SiH](C=C)OCCCCl. The lowest BCUT2D eigenvalue weighted by atomic mass is 10.5. The number of halogens is 1. The van der Waals surface area contributed by atoms with E-state index < -0.39 is 9.04 Å². The molecule has 0 spiro atoms. The summed E-state index contributed by atoms with van der Waals surface area (Å²) in [5, 5.41) is 0. The average molecular weight is 177 g/mol. The molecular formula is C7H13ClOSi. The van der Waals surface area contributed by atoms with Crippen LogP contribution in [0.25, 0.3) is 0 Å². The zero-order valence-corrected chi connectivity index (χ0v) is 7.96. The molecule has 3 heteroatoms. The second-order valence-electron chi connectivity index (χ2n) is 1.85. The van der Waals surface area contributed by atoms with Crippen LogP contribution in [0.15, 0.2) is 24.6 Å². The second kappa shape index (κ2) is 7.06. The van der Waals surface area contributed by atoms with Gasteiger partial charge in [-0.2, -0.15) is 0 Å². The van der Waals surface area contributed by atoms with E-state index in [9.17, 15) is 0 Å². The summed E-state index contributed by atoms with van der Waals surface area (Å²) in [6.07, 6.45) is 0.909. The minimum absolute atomic E-state index is 0.662. The van der Waals surface area contributed by atoms with Gasteiger partial charge in [0.1, 0.15) is 0 Å². The summed E-state index contributed by atoms with van der Waals surface area (Å²) in [4.78, 5) is 0. The van der Waals surface area contributed by atoms with Crippen LogP contribution in [0.5, 0.6) is 0 Å². The molecule has 0 fully saturated rings. The predicted octanol–water partition coefficient (Wildman–Crippen LogP) is 1.81. The Morgan fingerprint density at radius 3 is 2.40 bits per heavy atom. The van der Waals surface area contributed by atoms with E-state index >= 15 is 0 Å². The summed E-state index contributed by atoms with van der Waals surface area (Å²) in [6, 6.07) is 0. The average Bonchev–Trinajstić information content (AvgIpc) is 1.99. The van der Waals surface area contributed by atoms with E-state index in [2.05, 4.69) is 13.2 Å². The van der Waals surface area contributed by atoms with Crippen molar-refractivity contribution in [1.29, 1.82) is 0 Å². The van der Waals surface area contributed by atoms with Crippen molar-refractivity contribution in [1.82, 2.24) is 0 Å². The van der Waals surface area contributed by atoms with E-state index in [1.54, 1.807) is 0 Å². The zero-order valence-electron chi connectivity index (χ0n) is 6.05. The molecule has 0 saturated carbocycles. The highest BCUT2D eigenvalue weighted by molar-refractivity contribution is 6.62. The van der Waals surface area contributed by atoms with Crippen molar-refractivity contribution in [3.05, 3.63) is 24.6 Å². The topological polar surface area (TPSA) is 9.23 Å².